The Labute approximate surface area is 85.4 Å². The summed E-state index contributed by atoms with van der Waals surface area (Å²) in [6.07, 6.45) is 0.661. The Morgan fingerprint density at radius 3 is 2.87 bits per heavy atom. The molecule has 3 nitrogen and oxygen atoms in total. The molecule has 0 bridgehead atoms. The van der Waals surface area contributed by atoms with E-state index in [1.807, 2.05) is 0 Å². The maximum atomic E-state index is 12.8. The molecule has 1 aromatic carbocycles. The van der Waals surface area contributed by atoms with E-state index >= 15 is 0 Å². The fourth-order valence-electron chi connectivity index (χ4n) is 0.914. The maximum absolute atomic E-state index is 12.8. The van der Waals surface area contributed by atoms with Gasteiger partial charge in [0.05, 0.1) is 7.11 Å². The van der Waals surface area contributed by atoms with Crippen LogP contribution in [0, 0.1) is 5.82 Å². The monoisotopic (exact) mass is 213 g/mol. The average molecular weight is 213 g/mol. The second-order valence-corrected chi connectivity index (χ2v) is 2.67. The minimum Gasteiger partial charge on any atom is -0.501 e. The van der Waals surface area contributed by atoms with Gasteiger partial charge in [-0.15, -0.1) is 0 Å². The number of hydrogen-bond acceptors (Lipinski definition) is 2. The first kappa shape index (κ1) is 11.2. The first-order valence-electron chi connectivity index (χ1n) is 4.09. The highest BCUT2D eigenvalue weighted by molar-refractivity contribution is 6.01. The van der Waals surface area contributed by atoms with Crippen LogP contribution in [0.25, 0.3) is 0 Å². The van der Waals surface area contributed by atoms with Crippen molar-refractivity contribution in [3.63, 3.8) is 0 Å². The number of amides is 1. The number of carbonyl (C=O) groups is 1. The lowest BCUT2D eigenvalue weighted by Gasteiger charge is -2.02. The van der Waals surface area contributed by atoms with Crippen molar-refractivity contribution in [1.82, 2.24) is 0 Å². The smallest absolute Gasteiger partial charge is 0.287 e. The van der Waals surface area contributed by atoms with E-state index in [1.54, 1.807) is 0 Å². The van der Waals surface area contributed by atoms with Crippen LogP contribution in [0.1, 0.15) is 0 Å². The fourth-order valence-corrected chi connectivity index (χ4v) is 0.914. The number of carbonyl (C=O) groups excluding carboxylic acids is 1. The van der Waals surface area contributed by atoms with Crippen molar-refractivity contribution < 1.29 is 18.3 Å². The molecule has 80 valence electrons. The Hall–Kier alpha value is -1.91. The minimum absolute atomic E-state index is 0.180. The van der Waals surface area contributed by atoms with E-state index in [0.717, 1.165) is 6.07 Å². The Kier molecular flexibility index (Phi) is 3.79. The van der Waals surface area contributed by atoms with Gasteiger partial charge in [-0.05, 0) is 18.2 Å². The lowest BCUT2D eigenvalue weighted by Crippen LogP contribution is -2.12. The van der Waals surface area contributed by atoms with Crippen LogP contribution >= 0.6 is 0 Å². The molecule has 1 N–H and O–H groups in total. The number of nitrogens with one attached hydrogen (secondary N) is 1. The number of benzene rings is 1. The van der Waals surface area contributed by atoms with Crippen molar-refractivity contribution in [2.75, 3.05) is 12.4 Å². The van der Waals surface area contributed by atoms with Crippen LogP contribution in [0.15, 0.2) is 36.4 Å². The van der Waals surface area contributed by atoms with Crippen LogP contribution in [-0.4, -0.2) is 13.0 Å². The number of anilines is 1. The normalized spacial score (nSPS) is 11.0. The number of rotatable bonds is 3. The summed E-state index contributed by atoms with van der Waals surface area (Å²) in [5.41, 5.74) is 0.180. The molecule has 0 heterocycles. The Morgan fingerprint density at radius 2 is 2.27 bits per heavy atom. The number of ether oxygens (including phenoxy) is 1. The highest BCUT2D eigenvalue weighted by atomic mass is 19.1. The molecular weight excluding hydrogens is 204 g/mol. The summed E-state index contributed by atoms with van der Waals surface area (Å²) >= 11 is 0. The van der Waals surface area contributed by atoms with Gasteiger partial charge in [0.2, 0.25) is 5.83 Å². The van der Waals surface area contributed by atoms with Gasteiger partial charge in [-0.3, -0.25) is 4.79 Å². The molecule has 0 saturated heterocycles. The lowest BCUT2D eigenvalue weighted by atomic mass is 10.3. The van der Waals surface area contributed by atoms with Crippen LogP contribution in [0.2, 0.25) is 0 Å². The number of halogens is 2. The van der Waals surface area contributed by atoms with Gasteiger partial charge in [0.1, 0.15) is 12.1 Å². The molecule has 15 heavy (non-hydrogen) atoms. The topological polar surface area (TPSA) is 38.3 Å². The van der Waals surface area contributed by atoms with Gasteiger partial charge in [-0.2, -0.15) is 4.39 Å². The zero-order chi connectivity index (χ0) is 11.3. The van der Waals surface area contributed by atoms with Crippen molar-refractivity contribution >= 4 is 11.6 Å². The highest BCUT2D eigenvalue weighted by Crippen LogP contribution is 2.10. The Morgan fingerprint density at radius 1 is 1.53 bits per heavy atom. The molecule has 1 amide bonds. The van der Waals surface area contributed by atoms with E-state index in [0.29, 0.717) is 6.26 Å². The first-order valence-corrected chi connectivity index (χ1v) is 4.09. The molecule has 0 fully saturated rings. The van der Waals surface area contributed by atoms with Gasteiger partial charge in [-0.25, -0.2) is 4.39 Å². The molecule has 1 aromatic rings. The number of hydrogen-bond donors (Lipinski definition) is 1. The highest BCUT2D eigenvalue weighted by Gasteiger charge is 2.09. The molecule has 0 aliphatic rings. The average Bonchev–Trinajstić information content (AvgIpc) is 2.18. The quantitative estimate of drug-likeness (QED) is 0.617. The van der Waals surface area contributed by atoms with Crippen LogP contribution in [-0.2, 0) is 9.53 Å². The van der Waals surface area contributed by atoms with E-state index in [2.05, 4.69) is 10.1 Å². The molecule has 0 saturated carbocycles. The Balaban J connectivity index is 2.70. The predicted octanol–water partition coefficient (Wildman–Crippen LogP) is 2.22. The molecule has 0 unspecified atom stereocenters. The van der Waals surface area contributed by atoms with E-state index < -0.39 is 17.6 Å². The zero-order valence-electron chi connectivity index (χ0n) is 7.96. The molecule has 0 radical (unpaired) electrons. The molecule has 0 spiro atoms. The third kappa shape index (κ3) is 3.38. The zero-order valence-corrected chi connectivity index (χ0v) is 7.96. The first-order chi connectivity index (χ1) is 7.13. The summed E-state index contributed by atoms with van der Waals surface area (Å²) in [7, 11) is 1.22. The van der Waals surface area contributed by atoms with Crippen molar-refractivity contribution in [3.8, 4) is 0 Å². The molecular formula is C10H9F2NO2. The van der Waals surface area contributed by atoms with Crippen molar-refractivity contribution in [2.24, 2.45) is 0 Å². The third-order valence-electron chi connectivity index (χ3n) is 1.52. The maximum Gasteiger partial charge on any atom is 0.287 e. The molecule has 0 atom stereocenters. The van der Waals surface area contributed by atoms with E-state index in [1.165, 1.54) is 25.3 Å². The largest absolute Gasteiger partial charge is 0.501 e. The number of methoxy groups -OCH3 is 1. The van der Waals surface area contributed by atoms with Crippen LogP contribution < -0.4 is 5.32 Å². The summed E-state index contributed by atoms with van der Waals surface area (Å²) in [6.45, 7) is 0. The lowest BCUT2D eigenvalue weighted by molar-refractivity contribution is -0.114. The Bertz CT molecular complexity index is 391. The van der Waals surface area contributed by atoms with Gasteiger partial charge in [0.25, 0.3) is 5.91 Å². The third-order valence-corrected chi connectivity index (χ3v) is 1.52. The minimum atomic E-state index is -1.08. The van der Waals surface area contributed by atoms with Crippen LogP contribution in [0.3, 0.4) is 0 Å². The van der Waals surface area contributed by atoms with Crippen molar-refractivity contribution in [3.05, 3.63) is 42.2 Å². The molecule has 0 aliphatic heterocycles. The standard InChI is InChI=1S/C10H9F2NO2/c1-15-6-9(12)10(14)13-8-4-2-3-7(11)5-8/h2-6H,1H3,(H,13,14)/b9-6+. The van der Waals surface area contributed by atoms with Gasteiger partial charge >= 0.3 is 0 Å². The molecule has 5 heteroatoms. The van der Waals surface area contributed by atoms with Gasteiger partial charge in [0, 0.05) is 5.69 Å². The van der Waals surface area contributed by atoms with E-state index in [4.69, 9.17) is 0 Å². The van der Waals surface area contributed by atoms with Gasteiger partial charge in [0.15, 0.2) is 0 Å². The van der Waals surface area contributed by atoms with Crippen molar-refractivity contribution in [2.45, 2.75) is 0 Å². The van der Waals surface area contributed by atoms with Crippen molar-refractivity contribution in [1.29, 1.82) is 0 Å². The summed E-state index contributed by atoms with van der Waals surface area (Å²) < 4.78 is 29.8. The van der Waals surface area contributed by atoms with Crippen LogP contribution in [0.4, 0.5) is 14.5 Å². The summed E-state index contributed by atoms with van der Waals surface area (Å²) in [5, 5.41) is 2.17. The molecule has 0 aromatic heterocycles. The summed E-state index contributed by atoms with van der Waals surface area (Å²) in [4.78, 5) is 11.1. The van der Waals surface area contributed by atoms with Gasteiger partial charge < -0.3 is 10.1 Å². The summed E-state index contributed by atoms with van der Waals surface area (Å²) in [6, 6.07) is 5.15. The van der Waals surface area contributed by atoms with E-state index in [9.17, 15) is 13.6 Å². The fraction of sp³-hybridized carbons (Fsp3) is 0.100. The molecule has 0 aliphatic carbocycles. The second kappa shape index (κ2) is 5.09. The SMILES string of the molecule is CO/C=C(/F)C(=O)Nc1cccc(F)c1. The molecule has 1 rings (SSSR count). The summed E-state index contributed by atoms with van der Waals surface area (Å²) in [5.74, 6) is -2.58. The van der Waals surface area contributed by atoms with E-state index in [-0.39, 0.29) is 5.69 Å². The van der Waals surface area contributed by atoms with Gasteiger partial charge in [-0.1, -0.05) is 6.07 Å². The second-order valence-electron chi connectivity index (χ2n) is 2.67. The predicted molar refractivity (Wildman–Crippen MR) is 51.2 cm³/mol. The van der Waals surface area contributed by atoms with Crippen LogP contribution in [0.5, 0.6) is 0 Å².